The lowest BCUT2D eigenvalue weighted by Gasteiger charge is -2.09. The summed E-state index contributed by atoms with van der Waals surface area (Å²) in [4.78, 5) is 0. The van der Waals surface area contributed by atoms with E-state index in [0.29, 0.717) is 11.9 Å². The van der Waals surface area contributed by atoms with Crippen molar-refractivity contribution in [2.75, 3.05) is 11.9 Å². The third-order valence-corrected chi connectivity index (χ3v) is 3.99. The van der Waals surface area contributed by atoms with Gasteiger partial charge in [-0.1, -0.05) is 12.0 Å². The van der Waals surface area contributed by atoms with E-state index >= 15 is 0 Å². The Bertz CT molecular complexity index is 577. The number of halogens is 2. The predicted octanol–water partition coefficient (Wildman–Crippen LogP) is 4.32. The molecule has 0 amide bonds. The molecule has 108 valence electrons. The zero-order chi connectivity index (χ0) is 14.7. The molecule has 20 heavy (non-hydrogen) atoms. The number of hydrogen-bond acceptors (Lipinski definition) is 5. The zero-order valence-electron chi connectivity index (χ0n) is 11.5. The van der Waals surface area contributed by atoms with Gasteiger partial charge in [-0.05, 0) is 69.9 Å². The van der Waals surface area contributed by atoms with Crippen molar-refractivity contribution in [3.63, 3.8) is 0 Å². The number of benzene rings is 1. The minimum Gasteiger partial charge on any atom is -0.406 e. The van der Waals surface area contributed by atoms with Gasteiger partial charge in [0.2, 0.25) is 5.89 Å². The molecule has 0 saturated carbocycles. The lowest BCUT2D eigenvalue weighted by molar-refractivity contribution is 0.430. The summed E-state index contributed by atoms with van der Waals surface area (Å²) >= 11 is 7.04. The SMILES string of the molecule is CCNC(C)c1nnc(Nc2c(Br)cc(C)cc2Br)o1. The average Bonchev–Trinajstić information content (AvgIpc) is 2.82. The van der Waals surface area contributed by atoms with Crippen LogP contribution < -0.4 is 10.6 Å². The van der Waals surface area contributed by atoms with E-state index < -0.39 is 0 Å². The zero-order valence-corrected chi connectivity index (χ0v) is 14.7. The van der Waals surface area contributed by atoms with Crippen LogP contribution in [0, 0.1) is 6.92 Å². The fraction of sp³-hybridized carbons (Fsp3) is 0.385. The summed E-state index contributed by atoms with van der Waals surface area (Å²) in [6.07, 6.45) is 0. The summed E-state index contributed by atoms with van der Waals surface area (Å²) < 4.78 is 7.47. The Morgan fingerprint density at radius 1 is 1.25 bits per heavy atom. The third kappa shape index (κ3) is 3.59. The molecule has 7 heteroatoms. The smallest absolute Gasteiger partial charge is 0.320 e. The van der Waals surface area contributed by atoms with Crippen LogP contribution in [-0.4, -0.2) is 16.7 Å². The van der Waals surface area contributed by atoms with Crippen molar-refractivity contribution >= 4 is 43.6 Å². The van der Waals surface area contributed by atoms with E-state index in [0.717, 1.165) is 26.7 Å². The van der Waals surface area contributed by atoms with E-state index in [-0.39, 0.29) is 6.04 Å². The van der Waals surface area contributed by atoms with Gasteiger partial charge in [-0.25, -0.2) is 0 Å². The summed E-state index contributed by atoms with van der Waals surface area (Å²) in [5.41, 5.74) is 2.02. The molecule has 0 aliphatic carbocycles. The van der Waals surface area contributed by atoms with Gasteiger partial charge < -0.3 is 15.1 Å². The molecule has 1 heterocycles. The molecule has 0 aliphatic rings. The number of hydrogen-bond donors (Lipinski definition) is 2. The first-order chi connectivity index (χ1) is 9.51. The maximum Gasteiger partial charge on any atom is 0.320 e. The molecule has 1 aromatic carbocycles. The third-order valence-electron chi connectivity index (χ3n) is 2.74. The molecule has 2 N–H and O–H groups in total. The van der Waals surface area contributed by atoms with Crippen molar-refractivity contribution in [2.45, 2.75) is 26.8 Å². The maximum absolute atomic E-state index is 5.60. The summed E-state index contributed by atoms with van der Waals surface area (Å²) in [5.74, 6) is 0.564. The van der Waals surface area contributed by atoms with Gasteiger partial charge in [-0.2, -0.15) is 0 Å². The Labute approximate surface area is 134 Å². The van der Waals surface area contributed by atoms with Gasteiger partial charge in [0.05, 0.1) is 11.7 Å². The number of rotatable bonds is 5. The maximum atomic E-state index is 5.60. The van der Waals surface area contributed by atoms with Crippen LogP contribution in [0.5, 0.6) is 0 Å². The fourth-order valence-corrected chi connectivity index (χ4v) is 3.39. The van der Waals surface area contributed by atoms with Crippen LogP contribution in [0.1, 0.15) is 31.3 Å². The quantitative estimate of drug-likeness (QED) is 0.778. The second-order valence-electron chi connectivity index (χ2n) is 4.45. The summed E-state index contributed by atoms with van der Waals surface area (Å²) in [6.45, 7) is 6.90. The Hall–Kier alpha value is -0.920. The Morgan fingerprint density at radius 3 is 2.50 bits per heavy atom. The molecule has 2 aromatic rings. The van der Waals surface area contributed by atoms with E-state index in [9.17, 15) is 0 Å². The van der Waals surface area contributed by atoms with Crippen molar-refractivity contribution in [3.05, 3.63) is 32.5 Å². The first-order valence-electron chi connectivity index (χ1n) is 6.30. The molecule has 0 bridgehead atoms. The second-order valence-corrected chi connectivity index (χ2v) is 6.16. The van der Waals surface area contributed by atoms with Crippen LogP contribution in [0.25, 0.3) is 0 Å². The van der Waals surface area contributed by atoms with Crippen molar-refractivity contribution in [1.29, 1.82) is 0 Å². The van der Waals surface area contributed by atoms with E-state index in [1.807, 2.05) is 32.9 Å². The summed E-state index contributed by atoms with van der Waals surface area (Å²) in [5, 5.41) is 14.4. The number of anilines is 2. The highest BCUT2D eigenvalue weighted by molar-refractivity contribution is 9.11. The predicted molar refractivity (Wildman–Crippen MR) is 86.3 cm³/mol. The highest BCUT2D eigenvalue weighted by Crippen LogP contribution is 2.34. The van der Waals surface area contributed by atoms with Crippen LogP contribution in [0.15, 0.2) is 25.5 Å². The van der Waals surface area contributed by atoms with Gasteiger partial charge in [-0.15, -0.1) is 5.10 Å². The Morgan fingerprint density at radius 2 is 1.90 bits per heavy atom. The summed E-state index contributed by atoms with van der Waals surface area (Å²) in [7, 11) is 0. The first-order valence-corrected chi connectivity index (χ1v) is 7.89. The van der Waals surface area contributed by atoms with Crippen LogP contribution in [0.3, 0.4) is 0 Å². The van der Waals surface area contributed by atoms with E-state index in [4.69, 9.17) is 4.42 Å². The van der Waals surface area contributed by atoms with Gasteiger partial charge in [0, 0.05) is 8.95 Å². The largest absolute Gasteiger partial charge is 0.406 e. The van der Waals surface area contributed by atoms with Gasteiger partial charge in [0.1, 0.15) is 0 Å². The molecule has 5 nitrogen and oxygen atoms in total. The molecular weight excluding hydrogens is 388 g/mol. The van der Waals surface area contributed by atoms with Crippen LogP contribution in [0.4, 0.5) is 11.7 Å². The summed E-state index contributed by atoms with van der Waals surface area (Å²) in [6, 6.07) is 4.44. The molecule has 1 unspecified atom stereocenters. The van der Waals surface area contributed by atoms with Gasteiger partial charge in [0.25, 0.3) is 0 Å². The molecule has 0 aliphatic heterocycles. The molecule has 0 saturated heterocycles. The molecule has 2 rings (SSSR count). The standard InChI is InChI=1S/C13H16Br2N4O/c1-4-16-8(3)12-18-19-13(20-12)17-11-9(14)5-7(2)6-10(11)15/h5-6,8,16H,4H2,1-3H3,(H,17,19). The van der Waals surface area contributed by atoms with Crippen LogP contribution >= 0.6 is 31.9 Å². The number of nitrogens with one attached hydrogen (secondary N) is 2. The number of aromatic nitrogens is 2. The average molecular weight is 404 g/mol. The lowest BCUT2D eigenvalue weighted by atomic mass is 10.2. The Balaban J connectivity index is 2.19. The molecule has 1 aromatic heterocycles. The normalized spacial score (nSPS) is 12.4. The number of nitrogens with zero attached hydrogens (tertiary/aromatic N) is 2. The Kier molecular flexibility index (Phi) is 5.17. The fourth-order valence-electron chi connectivity index (χ4n) is 1.78. The monoisotopic (exact) mass is 402 g/mol. The van der Waals surface area contributed by atoms with Gasteiger partial charge in [0.15, 0.2) is 0 Å². The first kappa shape index (κ1) is 15.5. The van der Waals surface area contributed by atoms with Crippen molar-refractivity contribution in [2.24, 2.45) is 0 Å². The second kappa shape index (κ2) is 6.69. The molecule has 1 atom stereocenters. The van der Waals surface area contributed by atoms with Gasteiger partial charge >= 0.3 is 6.01 Å². The highest BCUT2D eigenvalue weighted by Gasteiger charge is 2.14. The minimum absolute atomic E-state index is 0.0351. The molecular formula is C13H16Br2N4O. The molecule has 0 radical (unpaired) electrons. The molecule has 0 fully saturated rings. The van der Waals surface area contributed by atoms with E-state index in [2.05, 4.69) is 52.7 Å². The van der Waals surface area contributed by atoms with Crippen LogP contribution in [0.2, 0.25) is 0 Å². The highest BCUT2D eigenvalue weighted by atomic mass is 79.9. The van der Waals surface area contributed by atoms with Gasteiger partial charge in [-0.3, -0.25) is 0 Å². The van der Waals surface area contributed by atoms with Crippen molar-refractivity contribution in [3.8, 4) is 0 Å². The van der Waals surface area contributed by atoms with E-state index in [1.165, 1.54) is 0 Å². The molecule has 0 spiro atoms. The van der Waals surface area contributed by atoms with E-state index in [1.54, 1.807) is 0 Å². The van der Waals surface area contributed by atoms with Crippen LogP contribution in [-0.2, 0) is 0 Å². The minimum atomic E-state index is 0.0351. The lowest BCUT2D eigenvalue weighted by Crippen LogP contribution is -2.17. The van der Waals surface area contributed by atoms with Crippen molar-refractivity contribution in [1.82, 2.24) is 15.5 Å². The van der Waals surface area contributed by atoms with Crippen molar-refractivity contribution < 1.29 is 4.42 Å². The topological polar surface area (TPSA) is 63.0 Å². The number of aryl methyl sites for hydroxylation is 1.